The summed E-state index contributed by atoms with van der Waals surface area (Å²) in [6.07, 6.45) is 8.86. The Bertz CT molecular complexity index is 460. The number of rotatable bonds is 6. The highest BCUT2D eigenvalue weighted by Crippen LogP contribution is 2.30. The van der Waals surface area contributed by atoms with Crippen molar-refractivity contribution in [1.82, 2.24) is 4.90 Å². The first-order chi connectivity index (χ1) is 11.0. The molecule has 0 saturated carbocycles. The number of hydrogen-bond acceptors (Lipinski definition) is 1. The van der Waals surface area contributed by atoms with Gasteiger partial charge in [0.1, 0.15) is 6.17 Å². The van der Waals surface area contributed by atoms with Crippen LogP contribution < -0.4 is 0 Å². The third-order valence-electron chi connectivity index (χ3n) is 4.94. The highest BCUT2D eigenvalue weighted by atomic mass is 19.1. The monoisotopic (exact) mass is 325 g/mol. The topological polar surface area (TPSA) is 20.3 Å². The number of alkyl halides is 1. The molecule has 0 heterocycles. The molecule has 0 aromatic rings. The minimum absolute atomic E-state index is 0.0515. The molecule has 0 radical (unpaired) electrons. The zero-order valence-electron chi connectivity index (χ0n) is 14.3. The molecule has 2 unspecified atom stereocenters. The molecule has 2 aliphatic rings. The van der Waals surface area contributed by atoms with Crippen LogP contribution in [0.5, 0.6) is 0 Å². The number of hydrogen-bond donors (Lipinski definition) is 0. The van der Waals surface area contributed by atoms with E-state index in [1.807, 2.05) is 4.90 Å². The van der Waals surface area contributed by atoms with Gasteiger partial charge in [0.05, 0.1) is 5.83 Å². The molecule has 2 rings (SSSR count). The Hall–Kier alpha value is -1.19. The quantitative estimate of drug-likeness (QED) is 0.632. The maximum absolute atomic E-state index is 13.4. The second kappa shape index (κ2) is 8.60. The molecule has 0 aliphatic heterocycles. The van der Waals surface area contributed by atoms with Crippen molar-refractivity contribution < 1.29 is 13.6 Å². The van der Waals surface area contributed by atoms with Gasteiger partial charge in [0, 0.05) is 25.4 Å². The zero-order valence-corrected chi connectivity index (χ0v) is 14.3. The van der Waals surface area contributed by atoms with E-state index in [1.54, 1.807) is 0 Å². The summed E-state index contributed by atoms with van der Waals surface area (Å²) in [5.41, 5.74) is 0. The second-order valence-corrected chi connectivity index (χ2v) is 7.07. The second-order valence-electron chi connectivity index (χ2n) is 7.07. The molecule has 0 N–H and O–H groups in total. The molecular weight excluding hydrogens is 296 g/mol. The van der Waals surface area contributed by atoms with Crippen LogP contribution in [0.3, 0.4) is 0 Å². The van der Waals surface area contributed by atoms with Crippen LogP contribution in [-0.2, 0) is 4.79 Å². The summed E-state index contributed by atoms with van der Waals surface area (Å²) in [6.45, 7) is 5.02. The summed E-state index contributed by atoms with van der Waals surface area (Å²) in [6, 6.07) is 0.190. The van der Waals surface area contributed by atoms with Gasteiger partial charge in [-0.1, -0.05) is 26.0 Å². The number of carbonyl (C=O) groups is 1. The Balaban J connectivity index is 1.88. The number of carbonyl (C=O) groups excluding carboxylic acids is 1. The molecule has 0 spiro atoms. The van der Waals surface area contributed by atoms with E-state index in [9.17, 15) is 13.6 Å². The highest BCUT2D eigenvalue weighted by Gasteiger charge is 2.26. The lowest BCUT2D eigenvalue weighted by molar-refractivity contribution is -0.133. The normalized spacial score (nSPS) is 30.9. The van der Waals surface area contributed by atoms with Crippen molar-refractivity contribution in [3.05, 3.63) is 24.1 Å². The number of nitrogens with zero attached hydrogens (tertiary/aromatic N) is 1. The predicted molar refractivity (Wildman–Crippen MR) is 89.4 cm³/mol. The summed E-state index contributed by atoms with van der Waals surface area (Å²) in [5, 5.41) is 0. The molecule has 0 aromatic carbocycles. The summed E-state index contributed by atoms with van der Waals surface area (Å²) in [7, 11) is 0. The van der Waals surface area contributed by atoms with Gasteiger partial charge in [-0.2, -0.15) is 0 Å². The molecule has 130 valence electrons. The lowest BCUT2D eigenvalue weighted by Crippen LogP contribution is -2.41. The minimum Gasteiger partial charge on any atom is -0.336 e. The number of amides is 1. The largest absolute Gasteiger partial charge is 0.336 e. The molecule has 0 aromatic heterocycles. The molecule has 4 heteroatoms. The number of halogens is 2. The van der Waals surface area contributed by atoms with Crippen LogP contribution in [0, 0.1) is 11.8 Å². The minimum atomic E-state index is -1.20. The molecule has 23 heavy (non-hydrogen) atoms. The zero-order chi connectivity index (χ0) is 16.8. The third-order valence-corrected chi connectivity index (χ3v) is 4.94. The van der Waals surface area contributed by atoms with Gasteiger partial charge in [-0.15, -0.1) is 0 Å². The van der Waals surface area contributed by atoms with Crippen LogP contribution in [-0.4, -0.2) is 29.6 Å². The Kier molecular flexibility index (Phi) is 6.79. The first kappa shape index (κ1) is 18.2. The van der Waals surface area contributed by atoms with E-state index in [0.29, 0.717) is 25.2 Å². The van der Waals surface area contributed by atoms with Gasteiger partial charge in [-0.05, 0) is 50.0 Å². The smallest absolute Gasteiger partial charge is 0.223 e. The van der Waals surface area contributed by atoms with E-state index in [-0.39, 0.29) is 30.1 Å². The molecule has 2 nitrogen and oxygen atoms in total. The van der Waals surface area contributed by atoms with Crippen LogP contribution >= 0.6 is 0 Å². The highest BCUT2D eigenvalue weighted by molar-refractivity contribution is 5.76. The van der Waals surface area contributed by atoms with Gasteiger partial charge >= 0.3 is 0 Å². The molecular formula is C19H29F2NO. The van der Waals surface area contributed by atoms with Crippen molar-refractivity contribution in [3.63, 3.8) is 0 Å². The fourth-order valence-electron chi connectivity index (χ4n) is 3.62. The maximum Gasteiger partial charge on any atom is 0.223 e. The summed E-state index contributed by atoms with van der Waals surface area (Å²) in [4.78, 5) is 14.6. The van der Waals surface area contributed by atoms with Gasteiger partial charge in [0.15, 0.2) is 0 Å². The fourth-order valence-corrected chi connectivity index (χ4v) is 3.62. The van der Waals surface area contributed by atoms with E-state index in [0.717, 1.165) is 31.9 Å². The average molecular weight is 325 g/mol. The SMILES string of the molecule is CCCN(C(=O)CCC1CC(F)=C[C@@H](F)C1)[C@@H]1C=CC(C)CC1. The van der Waals surface area contributed by atoms with E-state index in [1.165, 1.54) is 0 Å². The summed E-state index contributed by atoms with van der Waals surface area (Å²) in [5.74, 6) is 0.296. The van der Waals surface area contributed by atoms with Crippen molar-refractivity contribution in [3.8, 4) is 0 Å². The van der Waals surface area contributed by atoms with Crippen molar-refractivity contribution >= 4 is 5.91 Å². The summed E-state index contributed by atoms with van der Waals surface area (Å²) >= 11 is 0. The van der Waals surface area contributed by atoms with E-state index in [4.69, 9.17) is 0 Å². The van der Waals surface area contributed by atoms with Crippen LogP contribution in [0.25, 0.3) is 0 Å². The Morgan fingerprint density at radius 1 is 1.35 bits per heavy atom. The first-order valence-corrected chi connectivity index (χ1v) is 8.97. The van der Waals surface area contributed by atoms with Gasteiger partial charge < -0.3 is 4.90 Å². The predicted octanol–water partition coefficient (Wildman–Crippen LogP) is 4.96. The number of allylic oxidation sites excluding steroid dienone is 3. The molecule has 0 saturated heterocycles. The van der Waals surface area contributed by atoms with Gasteiger partial charge in [-0.25, -0.2) is 8.78 Å². The van der Waals surface area contributed by atoms with Crippen LogP contribution in [0.15, 0.2) is 24.1 Å². The molecule has 0 fully saturated rings. The van der Waals surface area contributed by atoms with Crippen LogP contribution in [0.4, 0.5) is 8.78 Å². The van der Waals surface area contributed by atoms with Gasteiger partial charge in [0.25, 0.3) is 0 Å². The van der Waals surface area contributed by atoms with Crippen molar-refractivity contribution in [2.45, 2.75) is 71.0 Å². The Morgan fingerprint density at radius 3 is 2.74 bits per heavy atom. The molecule has 4 atom stereocenters. The molecule has 1 amide bonds. The van der Waals surface area contributed by atoms with Gasteiger partial charge in [-0.3, -0.25) is 4.79 Å². The Morgan fingerprint density at radius 2 is 2.13 bits per heavy atom. The lowest BCUT2D eigenvalue weighted by Gasteiger charge is -2.33. The lowest BCUT2D eigenvalue weighted by atomic mass is 9.88. The Labute approximate surface area is 138 Å². The van der Waals surface area contributed by atoms with Crippen molar-refractivity contribution in [2.75, 3.05) is 6.54 Å². The fraction of sp³-hybridized carbons (Fsp3) is 0.737. The van der Waals surface area contributed by atoms with Crippen molar-refractivity contribution in [2.24, 2.45) is 11.8 Å². The molecule has 2 aliphatic carbocycles. The standard InChI is InChI=1S/C19H29F2NO/c1-3-10-22(18-7-4-14(2)5-8-18)19(23)9-6-15-11-16(20)13-17(21)12-15/h4,7,13-16,18H,3,5-6,8-12H2,1-2H3/t14?,15?,16-,18+/m0/s1. The summed E-state index contributed by atoms with van der Waals surface area (Å²) < 4.78 is 26.7. The van der Waals surface area contributed by atoms with Crippen LogP contribution in [0.1, 0.15) is 58.8 Å². The van der Waals surface area contributed by atoms with Crippen LogP contribution in [0.2, 0.25) is 0 Å². The van der Waals surface area contributed by atoms with E-state index < -0.39 is 6.17 Å². The van der Waals surface area contributed by atoms with Gasteiger partial charge in [0.2, 0.25) is 5.91 Å². The van der Waals surface area contributed by atoms with E-state index in [2.05, 4.69) is 26.0 Å². The first-order valence-electron chi connectivity index (χ1n) is 8.97. The maximum atomic E-state index is 13.4. The molecule has 0 bridgehead atoms. The average Bonchev–Trinajstić information content (AvgIpc) is 2.50. The third kappa shape index (κ3) is 5.43. The van der Waals surface area contributed by atoms with E-state index >= 15 is 0 Å². The van der Waals surface area contributed by atoms with Crippen molar-refractivity contribution in [1.29, 1.82) is 0 Å².